The molecule has 0 bridgehead atoms. The smallest absolute Gasteiger partial charge is 0.233 e. The van der Waals surface area contributed by atoms with Crippen LogP contribution in [0.15, 0.2) is 60.7 Å². The fourth-order valence-corrected chi connectivity index (χ4v) is 3.70. The number of nitrogens with zero attached hydrogens (tertiary/aromatic N) is 5. The van der Waals surface area contributed by atoms with E-state index in [4.69, 9.17) is 0 Å². The first-order valence-corrected chi connectivity index (χ1v) is 10.5. The lowest BCUT2D eigenvalue weighted by Gasteiger charge is -2.23. The van der Waals surface area contributed by atoms with Crippen molar-refractivity contribution in [1.82, 2.24) is 25.1 Å². The molecule has 146 valence electrons. The van der Waals surface area contributed by atoms with Crippen LogP contribution in [0.25, 0.3) is 0 Å². The lowest BCUT2D eigenvalue weighted by Crippen LogP contribution is -2.31. The van der Waals surface area contributed by atoms with Crippen LogP contribution in [0.2, 0.25) is 0 Å². The molecule has 28 heavy (non-hydrogen) atoms. The van der Waals surface area contributed by atoms with Gasteiger partial charge in [0, 0.05) is 13.1 Å². The molecule has 0 spiro atoms. The van der Waals surface area contributed by atoms with Gasteiger partial charge in [-0.25, -0.2) is 4.68 Å². The molecule has 0 N–H and O–H groups in total. The summed E-state index contributed by atoms with van der Waals surface area (Å²) in [5.41, 5.74) is 2.25. The second-order valence-corrected chi connectivity index (χ2v) is 7.83. The molecule has 1 heterocycles. The monoisotopic (exact) mass is 395 g/mol. The van der Waals surface area contributed by atoms with Crippen molar-refractivity contribution in [2.75, 3.05) is 5.75 Å². The van der Waals surface area contributed by atoms with E-state index in [1.165, 1.54) is 0 Å². The molecule has 0 fully saturated rings. The number of carbonyl (C=O) groups excluding carboxylic acids is 1. The minimum atomic E-state index is 0.112. The Morgan fingerprint density at radius 2 is 1.57 bits per heavy atom. The van der Waals surface area contributed by atoms with Crippen LogP contribution in [0.5, 0.6) is 0 Å². The van der Waals surface area contributed by atoms with Crippen LogP contribution >= 0.6 is 11.8 Å². The molecular formula is C21H25N5OS. The van der Waals surface area contributed by atoms with Crippen LogP contribution in [0, 0.1) is 0 Å². The van der Waals surface area contributed by atoms with Crippen molar-refractivity contribution in [3.05, 3.63) is 77.6 Å². The van der Waals surface area contributed by atoms with E-state index in [0.29, 0.717) is 24.6 Å². The lowest BCUT2D eigenvalue weighted by atomic mass is 10.1. The Morgan fingerprint density at radius 3 is 2.11 bits per heavy atom. The van der Waals surface area contributed by atoms with Gasteiger partial charge in [-0.3, -0.25) is 4.79 Å². The first kappa shape index (κ1) is 20.1. The van der Waals surface area contributed by atoms with E-state index in [0.717, 1.165) is 17.0 Å². The van der Waals surface area contributed by atoms with Crippen molar-refractivity contribution in [3.63, 3.8) is 0 Å². The highest BCUT2D eigenvalue weighted by atomic mass is 32.2. The zero-order valence-corrected chi connectivity index (χ0v) is 17.0. The Kier molecular flexibility index (Phi) is 7.19. The van der Waals surface area contributed by atoms with E-state index in [1.807, 2.05) is 55.1 Å². The van der Waals surface area contributed by atoms with Crippen LogP contribution in [-0.4, -0.2) is 36.8 Å². The van der Waals surface area contributed by atoms with Gasteiger partial charge in [0.1, 0.15) is 0 Å². The van der Waals surface area contributed by atoms with E-state index in [1.54, 1.807) is 16.4 Å². The van der Waals surface area contributed by atoms with E-state index >= 15 is 0 Å². The first-order valence-electron chi connectivity index (χ1n) is 9.33. The Hall–Kier alpha value is -2.67. The Balaban J connectivity index is 1.63. The van der Waals surface area contributed by atoms with E-state index < -0.39 is 0 Å². The van der Waals surface area contributed by atoms with Gasteiger partial charge in [-0.05, 0) is 35.4 Å². The average molecular weight is 396 g/mol. The fourth-order valence-electron chi connectivity index (χ4n) is 2.87. The van der Waals surface area contributed by atoms with Crippen molar-refractivity contribution in [1.29, 1.82) is 0 Å². The summed E-state index contributed by atoms with van der Waals surface area (Å²) in [6.07, 6.45) is 0. The summed E-state index contributed by atoms with van der Waals surface area (Å²) in [4.78, 5) is 14.9. The maximum absolute atomic E-state index is 12.9. The van der Waals surface area contributed by atoms with Gasteiger partial charge in [0.2, 0.25) is 5.91 Å². The van der Waals surface area contributed by atoms with Gasteiger partial charge in [0.25, 0.3) is 0 Å². The second-order valence-electron chi connectivity index (χ2n) is 6.85. The minimum Gasteiger partial charge on any atom is -0.333 e. The summed E-state index contributed by atoms with van der Waals surface area (Å²) in [7, 11) is 0. The number of thioether (sulfide) groups is 1. The third kappa shape index (κ3) is 5.66. The number of hydrogen-bond donors (Lipinski definition) is 0. The summed E-state index contributed by atoms with van der Waals surface area (Å²) in [5, 5.41) is 11.8. The molecule has 2 aromatic carbocycles. The number of benzene rings is 2. The van der Waals surface area contributed by atoms with Crippen LogP contribution in [0.3, 0.4) is 0 Å². The zero-order valence-electron chi connectivity index (χ0n) is 16.2. The van der Waals surface area contributed by atoms with Crippen molar-refractivity contribution < 1.29 is 4.79 Å². The van der Waals surface area contributed by atoms with Gasteiger partial charge < -0.3 is 4.90 Å². The van der Waals surface area contributed by atoms with Crippen molar-refractivity contribution in [2.24, 2.45) is 0 Å². The quantitative estimate of drug-likeness (QED) is 0.553. The molecule has 0 radical (unpaired) electrons. The highest BCUT2D eigenvalue weighted by Gasteiger charge is 2.16. The maximum atomic E-state index is 12.9. The largest absolute Gasteiger partial charge is 0.333 e. The normalized spacial score (nSPS) is 11.0. The minimum absolute atomic E-state index is 0.112. The third-order valence-electron chi connectivity index (χ3n) is 4.29. The van der Waals surface area contributed by atoms with Crippen molar-refractivity contribution in [2.45, 2.75) is 38.7 Å². The molecule has 1 aromatic heterocycles. The second kappa shape index (κ2) is 10.0. The molecule has 3 rings (SSSR count). The van der Waals surface area contributed by atoms with Gasteiger partial charge in [-0.2, -0.15) is 0 Å². The Morgan fingerprint density at radius 1 is 1.00 bits per heavy atom. The third-order valence-corrected chi connectivity index (χ3v) is 5.21. The molecule has 0 unspecified atom stereocenters. The topological polar surface area (TPSA) is 63.9 Å². The van der Waals surface area contributed by atoms with Crippen LogP contribution in [-0.2, 0) is 23.6 Å². The fraction of sp³-hybridized carbons (Fsp3) is 0.333. The molecule has 1 amide bonds. The number of aromatic nitrogens is 4. The summed E-state index contributed by atoms with van der Waals surface area (Å²) < 4.78 is 1.79. The summed E-state index contributed by atoms with van der Waals surface area (Å²) in [6.45, 7) is 5.27. The van der Waals surface area contributed by atoms with E-state index in [9.17, 15) is 4.79 Å². The number of carbonyl (C=O) groups is 1. The van der Waals surface area contributed by atoms with Crippen molar-refractivity contribution in [3.8, 4) is 0 Å². The number of rotatable bonds is 9. The predicted molar refractivity (Wildman–Crippen MR) is 112 cm³/mol. The van der Waals surface area contributed by atoms with Gasteiger partial charge >= 0.3 is 0 Å². The molecular weight excluding hydrogens is 370 g/mol. The van der Waals surface area contributed by atoms with E-state index in [-0.39, 0.29) is 11.9 Å². The zero-order chi connectivity index (χ0) is 19.8. The standard InChI is InChI=1S/C21H25N5OS/c1-17(2)26-20(22-23-24-26)15-28-16-21(27)25(13-18-9-5-3-6-10-18)14-19-11-7-4-8-12-19/h3-12,17H,13-16H2,1-2H3. The van der Waals surface area contributed by atoms with Gasteiger partial charge in [0.05, 0.1) is 17.5 Å². The SMILES string of the molecule is CC(C)n1nnnc1CSCC(=O)N(Cc1ccccc1)Cc1ccccc1. The van der Waals surface area contributed by atoms with E-state index in [2.05, 4.69) is 39.8 Å². The molecule has 6 nitrogen and oxygen atoms in total. The molecule has 0 aliphatic carbocycles. The molecule has 0 aliphatic heterocycles. The molecule has 0 atom stereocenters. The summed E-state index contributed by atoms with van der Waals surface area (Å²) in [6, 6.07) is 20.4. The molecule has 3 aromatic rings. The van der Waals surface area contributed by atoms with Crippen LogP contribution < -0.4 is 0 Å². The summed E-state index contributed by atoms with van der Waals surface area (Å²) in [5.74, 6) is 1.92. The first-order chi connectivity index (χ1) is 13.6. The van der Waals surface area contributed by atoms with Crippen LogP contribution in [0.1, 0.15) is 36.8 Å². The lowest BCUT2D eigenvalue weighted by molar-refractivity contribution is -0.129. The Bertz CT molecular complexity index is 825. The molecule has 7 heteroatoms. The number of amides is 1. The van der Waals surface area contributed by atoms with Gasteiger partial charge in [0.15, 0.2) is 5.82 Å². The Labute approximate surface area is 169 Å². The average Bonchev–Trinajstić information content (AvgIpc) is 3.18. The predicted octanol–water partition coefficient (Wildman–Crippen LogP) is 3.72. The van der Waals surface area contributed by atoms with Gasteiger partial charge in [-0.1, -0.05) is 60.7 Å². The van der Waals surface area contributed by atoms with Crippen LogP contribution in [0.4, 0.5) is 0 Å². The maximum Gasteiger partial charge on any atom is 0.233 e. The van der Waals surface area contributed by atoms with Gasteiger partial charge in [-0.15, -0.1) is 16.9 Å². The highest BCUT2D eigenvalue weighted by molar-refractivity contribution is 7.99. The highest BCUT2D eigenvalue weighted by Crippen LogP contribution is 2.16. The molecule has 0 aliphatic rings. The number of hydrogen-bond acceptors (Lipinski definition) is 5. The van der Waals surface area contributed by atoms with Crippen molar-refractivity contribution >= 4 is 17.7 Å². The molecule has 0 saturated heterocycles. The summed E-state index contributed by atoms with van der Waals surface area (Å²) >= 11 is 1.55. The number of tetrazole rings is 1. The molecule has 0 saturated carbocycles.